The van der Waals surface area contributed by atoms with Crippen LogP contribution in [0.3, 0.4) is 0 Å². The monoisotopic (exact) mass is 317 g/mol. The maximum atomic E-state index is 12.0. The highest BCUT2D eigenvalue weighted by molar-refractivity contribution is 7.14. The molecule has 1 aliphatic carbocycles. The molecule has 2 N–H and O–H groups in total. The average Bonchev–Trinajstić information content (AvgIpc) is 3.08. The van der Waals surface area contributed by atoms with Crippen LogP contribution in [0.2, 0.25) is 0 Å². The van der Waals surface area contributed by atoms with Crippen LogP contribution in [-0.2, 0) is 19.9 Å². The smallest absolute Gasteiger partial charge is 0.279 e. The number of amides is 2. The molecular formula is C15H15N3O3S. The normalized spacial score (nSPS) is 12.8. The molecule has 7 heteroatoms. The van der Waals surface area contributed by atoms with Crippen LogP contribution < -0.4 is 16.4 Å². The standard InChI is InChI=1S/C15H15N3O3S/c1-18-8-10(5-6-13(18)19)14(20)16-17-15(21)12-7-9-3-2-4-11(9)22-12/h5-8H,2-4H2,1H3,(H,16,20)(H,17,21). The summed E-state index contributed by atoms with van der Waals surface area (Å²) in [5, 5.41) is 0. The van der Waals surface area contributed by atoms with Crippen molar-refractivity contribution in [3.8, 4) is 0 Å². The number of aryl methyl sites for hydroxylation is 3. The minimum atomic E-state index is -0.465. The van der Waals surface area contributed by atoms with Crippen LogP contribution in [0, 0.1) is 0 Å². The van der Waals surface area contributed by atoms with Gasteiger partial charge in [0.1, 0.15) is 0 Å². The molecule has 0 aromatic carbocycles. The fourth-order valence-corrected chi connectivity index (χ4v) is 3.57. The van der Waals surface area contributed by atoms with E-state index in [1.165, 1.54) is 44.7 Å². The predicted molar refractivity (Wildman–Crippen MR) is 83.0 cm³/mol. The molecule has 0 spiro atoms. The van der Waals surface area contributed by atoms with E-state index in [2.05, 4.69) is 10.9 Å². The zero-order chi connectivity index (χ0) is 15.7. The second kappa shape index (κ2) is 5.76. The van der Waals surface area contributed by atoms with Crippen molar-refractivity contribution in [2.75, 3.05) is 0 Å². The van der Waals surface area contributed by atoms with Crippen molar-refractivity contribution in [3.05, 3.63) is 55.6 Å². The largest absolute Gasteiger partial charge is 0.318 e. The third kappa shape index (κ3) is 2.80. The Morgan fingerprint density at radius 3 is 2.68 bits per heavy atom. The first-order valence-electron chi connectivity index (χ1n) is 6.93. The van der Waals surface area contributed by atoms with Gasteiger partial charge in [-0.2, -0.15) is 0 Å². The quantitative estimate of drug-likeness (QED) is 0.811. The summed E-state index contributed by atoms with van der Waals surface area (Å²) in [5.41, 5.74) is 6.10. The number of nitrogens with one attached hydrogen (secondary N) is 2. The van der Waals surface area contributed by atoms with Gasteiger partial charge < -0.3 is 4.57 Å². The molecule has 0 aliphatic heterocycles. The zero-order valence-corrected chi connectivity index (χ0v) is 12.8. The first kappa shape index (κ1) is 14.5. The van der Waals surface area contributed by atoms with Crippen LogP contribution >= 0.6 is 11.3 Å². The predicted octanol–water partition coefficient (Wildman–Crippen LogP) is 1.01. The molecule has 22 heavy (non-hydrogen) atoms. The summed E-state index contributed by atoms with van der Waals surface area (Å²) in [6, 6.07) is 4.62. The van der Waals surface area contributed by atoms with Crippen molar-refractivity contribution in [1.82, 2.24) is 15.4 Å². The summed E-state index contributed by atoms with van der Waals surface area (Å²) >= 11 is 1.47. The number of pyridine rings is 1. The lowest BCUT2D eigenvalue weighted by Crippen LogP contribution is -2.41. The van der Waals surface area contributed by atoms with Crippen molar-refractivity contribution in [1.29, 1.82) is 0 Å². The minimum Gasteiger partial charge on any atom is -0.318 e. The summed E-state index contributed by atoms with van der Waals surface area (Å²) < 4.78 is 1.31. The topological polar surface area (TPSA) is 80.2 Å². The molecule has 0 saturated carbocycles. The lowest BCUT2D eigenvalue weighted by molar-refractivity contribution is 0.0848. The third-order valence-electron chi connectivity index (χ3n) is 3.61. The SMILES string of the molecule is Cn1cc(C(=O)NNC(=O)c2cc3c(s2)CCC3)ccc1=O. The number of aromatic nitrogens is 1. The summed E-state index contributed by atoms with van der Waals surface area (Å²) in [5.74, 6) is -0.786. The maximum absolute atomic E-state index is 12.0. The van der Waals surface area contributed by atoms with E-state index in [0.29, 0.717) is 10.4 Å². The molecule has 0 atom stereocenters. The number of fused-ring (bicyclic) bond motifs is 1. The van der Waals surface area contributed by atoms with Gasteiger partial charge >= 0.3 is 0 Å². The third-order valence-corrected chi connectivity index (χ3v) is 4.84. The Labute approximate surface area is 130 Å². The minimum absolute atomic E-state index is 0.200. The average molecular weight is 317 g/mol. The Morgan fingerprint density at radius 2 is 1.95 bits per heavy atom. The zero-order valence-electron chi connectivity index (χ0n) is 12.0. The second-order valence-electron chi connectivity index (χ2n) is 5.19. The van der Waals surface area contributed by atoms with Crippen LogP contribution in [0.4, 0.5) is 0 Å². The highest BCUT2D eigenvalue weighted by Gasteiger charge is 2.18. The molecule has 2 aromatic heterocycles. The van der Waals surface area contributed by atoms with E-state index in [1.807, 2.05) is 6.07 Å². The molecule has 2 amide bonds. The molecule has 2 aromatic rings. The van der Waals surface area contributed by atoms with Crippen molar-refractivity contribution in [3.63, 3.8) is 0 Å². The Balaban J connectivity index is 1.63. The van der Waals surface area contributed by atoms with Crippen molar-refractivity contribution in [2.45, 2.75) is 19.3 Å². The number of carbonyl (C=O) groups is 2. The van der Waals surface area contributed by atoms with Crippen molar-refractivity contribution in [2.24, 2.45) is 7.05 Å². The van der Waals surface area contributed by atoms with Gasteiger partial charge in [-0.05, 0) is 37.0 Å². The first-order valence-corrected chi connectivity index (χ1v) is 7.75. The summed E-state index contributed by atoms with van der Waals surface area (Å²) in [6.45, 7) is 0. The molecular weight excluding hydrogens is 302 g/mol. The highest BCUT2D eigenvalue weighted by atomic mass is 32.1. The van der Waals surface area contributed by atoms with Gasteiger partial charge in [0.05, 0.1) is 10.4 Å². The molecule has 6 nitrogen and oxygen atoms in total. The van der Waals surface area contributed by atoms with Crippen molar-refractivity contribution < 1.29 is 9.59 Å². The fraction of sp³-hybridized carbons (Fsp3) is 0.267. The van der Waals surface area contributed by atoms with Gasteiger partial charge in [-0.25, -0.2) is 0 Å². The second-order valence-corrected chi connectivity index (χ2v) is 6.32. The first-order chi connectivity index (χ1) is 10.5. The van der Waals surface area contributed by atoms with E-state index >= 15 is 0 Å². The van der Waals surface area contributed by atoms with E-state index in [4.69, 9.17) is 0 Å². The number of hydrogen-bond donors (Lipinski definition) is 2. The van der Waals surface area contributed by atoms with Gasteiger partial charge in [-0.3, -0.25) is 25.2 Å². The molecule has 1 aliphatic rings. The Bertz CT molecular complexity index is 785. The Hall–Kier alpha value is -2.41. The van der Waals surface area contributed by atoms with E-state index in [0.717, 1.165) is 19.3 Å². The Kier molecular flexibility index (Phi) is 3.81. The summed E-state index contributed by atoms with van der Waals surface area (Å²) in [7, 11) is 1.56. The summed E-state index contributed by atoms with van der Waals surface area (Å²) in [4.78, 5) is 37.1. The van der Waals surface area contributed by atoms with Gasteiger partial charge in [0.2, 0.25) is 5.56 Å². The van der Waals surface area contributed by atoms with E-state index in [1.54, 1.807) is 7.05 Å². The van der Waals surface area contributed by atoms with Crippen LogP contribution in [-0.4, -0.2) is 16.4 Å². The summed E-state index contributed by atoms with van der Waals surface area (Å²) in [6.07, 6.45) is 4.61. The van der Waals surface area contributed by atoms with E-state index < -0.39 is 5.91 Å². The van der Waals surface area contributed by atoms with Gasteiger partial charge in [-0.15, -0.1) is 11.3 Å². The van der Waals surface area contributed by atoms with Crippen LogP contribution in [0.5, 0.6) is 0 Å². The van der Waals surface area contributed by atoms with Crippen molar-refractivity contribution >= 4 is 23.2 Å². The van der Waals surface area contributed by atoms with Gasteiger partial charge in [-0.1, -0.05) is 0 Å². The number of carbonyl (C=O) groups excluding carboxylic acids is 2. The lowest BCUT2D eigenvalue weighted by Gasteiger charge is -2.07. The number of hydrazine groups is 1. The van der Waals surface area contributed by atoms with E-state index in [9.17, 15) is 14.4 Å². The van der Waals surface area contributed by atoms with Crippen LogP contribution in [0.25, 0.3) is 0 Å². The Morgan fingerprint density at radius 1 is 1.18 bits per heavy atom. The number of hydrogen-bond acceptors (Lipinski definition) is 4. The molecule has 0 radical (unpaired) electrons. The van der Waals surface area contributed by atoms with E-state index in [-0.39, 0.29) is 11.5 Å². The molecule has 0 bridgehead atoms. The number of rotatable bonds is 2. The number of thiophene rings is 1. The molecule has 0 unspecified atom stereocenters. The van der Waals surface area contributed by atoms with Gasteiger partial charge in [0.25, 0.3) is 11.8 Å². The lowest BCUT2D eigenvalue weighted by atomic mass is 10.2. The number of nitrogens with zero attached hydrogens (tertiary/aromatic N) is 1. The molecule has 0 saturated heterocycles. The molecule has 2 heterocycles. The van der Waals surface area contributed by atoms with Gasteiger partial charge in [0, 0.05) is 24.2 Å². The van der Waals surface area contributed by atoms with Crippen LogP contribution in [0.1, 0.15) is 36.9 Å². The van der Waals surface area contributed by atoms with Gasteiger partial charge in [0.15, 0.2) is 0 Å². The highest BCUT2D eigenvalue weighted by Crippen LogP contribution is 2.30. The fourth-order valence-electron chi connectivity index (χ4n) is 2.42. The molecule has 0 fully saturated rings. The van der Waals surface area contributed by atoms with Crippen LogP contribution in [0.15, 0.2) is 29.2 Å². The maximum Gasteiger partial charge on any atom is 0.279 e. The molecule has 3 rings (SSSR count). The molecule has 114 valence electrons.